The van der Waals surface area contributed by atoms with Gasteiger partial charge in [-0.05, 0) is 5.57 Å². The summed E-state index contributed by atoms with van der Waals surface area (Å²) in [6, 6.07) is 0. The Balaban J connectivity index is 1.93. The third kappa shape index (κ3) is 4.03. The normalized spacial score (nSPS) is 23.6. The predicted octanol–water partition coefficient (Wildman–Crippen LogP) is -0.442. The summed E-state index contributed by atoms with van der Waals surface area (Å²) in [5.41, 5.74) is 3.91. The molecule has 16 heteroatoms. The number of phosphoric acid groups is 2. The minimum absolute atomic E-state index is 0.0182. The van der Waals surface area contributed by atoms with Gasteiger partial charge in [0.05, 0.1) is 6.61 Å². The molecule has 0 saturated heterocycles. The van der Waals surface area contributed by atoms with Gasteiger partial charge >= 0.3 is 15.6 Å². The zero-order valence-electron chi connectivity index (χ0n) is 13.7. The summed E-state index contributed by atoms with van der Waals surface area (Å²) in [6.07, 6.45) is 2.70. The standard InChI is InChI=1S/C11H15N5O9P2/c1-23-27(22,25-26(19,20)21)24-11(4-17)2-6(11)3-16-5-13-7-8(16)14-10(12)15-9(7)18/h3,5,17H,2,4H2,1H3,(H2,19,20,21)(H3,12,14,15,18)/b6-3-/t11-,27?/m1/s1. The Bertz CT molecular complexity index is 1070. The SMILES string of the molecule is COP(=O)(O[C@@]1(CO)C/C1=C/n1cnc2c(=O)[nH]c(N)nc21)OP(=O)(O)O. The molecule has 0 aliphatic heterocycles. The second kappa shape index (κ2) is 6.62. The van der Waals surface area contributed by atoms with Crippen LogP contribution in [0.2, 0.25) is 0 Å². The number of nitrogens with one attached hydrogen (secondary N) is 1. The molecule has 2 aromatic heterocycles. The van der Waals surface area contributed by atoms with Gasteiger partial charge in [-0.3, -0.25) is 23.4 Å². The summed E-state index contributed by atoms with van der Waals surface area (Å²) in [5, 5.41) is 9.61. The Kier molecular flexibility index (Phi) is 4.87. The third-order valence-corrected chi connectivity index (χ3v) is 6.32. The molecule has 148 valence electrons. The number of phosphoric ester groups is 1. The van der Waals surface area contributed by atoms with Gasteiger partial charge in [-0.15, -0.1) is 0 Å². The molecule has 0 spiro atoms. The van der Waals surface area contributed by atoms with E-state index in [1.165, 1.54) is 17.1 Å². The van der Waals surface area contributed by atoms with Gasteiger partial charge in [0.25, 0.3) is 5.56 Å². The average molecular weight is 423 g/mol. The molecule has 6 N–H and O–H groups in total. The Labute approximate surface area is 150 Å². The highest BCUT2D eigenvalue weighted by Gasteiger charge is 2.56. The number of anilines is 1. The number of H-pyrrole nitrogens is 1. The monoisotopic (exact) mass is 423 g/mol. The summed E-state index contributed by atoms with van der Waals surface area (Å²) in [5.74, 6) is -0.132. The number of fused-ring (bicyclic) bond motifs is 1. The molecule has 2 atom stereocenters. The van der Waals surface area contributed by atoms with Crippen molar-refractivity contribution in [3.63, 3.8) is 0 Å². The first-order valence-corrected chi connectivity index (χ1v) is 10.2. The Morgan fingerprint density at radius 1 is 1.48 bits per heavy atom. The molecule has 0 aromatic carbocycles. The lowest BCUT2D eigenvalue weighted by Crippen LogP contribution is -2.19. The molecular formula is C11H15N5O9P2. The lowest BCUT2D eigenvalue weighted by Gasteiger charge is -2.20. The average Bonchev–Trinajstić information content (AvgIpc) is 3.05. The maximum absolute atomic E-state index is 12.3. The Morgan fingerprint density at radius 3 is 2.78 bits per heavy atom. The van der Waals surface area contributed by atoms with Crippen LogP contribution in [-0.4, -0.2) is 53.7 Å². The number of aromatic amines is 1. The number of nitrogen functional groups attached to an aromatic ring is 1. The fourth-order valence-corrected chi connectivity index (χ4v) is 4.53. The highest BCUT2D eigenvalue weighted by Crippen LogP contribution is 2.66. The molecule has 1 unspecified atom stereocenters. The number of aliphatic hydroxyl groups excluding tert-OH is 1. The van der Waals surface area contributed by atoms with Crippen molar-refractivity contribution in [1.82, 2.24) is 19.5 Å². The zero-order valence-corrected chi connectivity index (χ0v) is 15.5. The number of hydrogen-bond donors (Lipinski definition) is 5. The first-order chi connectivity index (χ1) is 12.5. The van der Waals surface area contributed by atoms with Crippen LogP contribution < -0.4 is 11.3 Å². The zero-order chi connectivity index (χ0) is 20.0. The Hall–Kier alpha value is -1.89. The maximum Gasteiger partial charge on any atom is 0.484 e. The predicted molar refractivity (Wildman–Crippen MR) is 90.1 cm³/mol. The van der Waals surface area contributed by atoms with Crippen molar-refractivity contribution in [1.29, 1.82) is 0 Å². The lowest BCUT2D eigenvalue weighted by atomic mass is 10.3. The van der Waals surface area contributed by atoms with E-state index in [2.05, 4.69) is 23.8 Å². The van der Waals surface area contributed by atoms with Gasteiger partial charge < -0.3 is 20.6 Å². The van der Waals surface area contributed by atoms with Crippen molar-refractivity contribution in [2.75, 3.05) is 19.5 Å². The smallest absolute Gasteiger partial charge is 0.393 e. The minimum atomic E-state index is -5.18. The van der Waals surface area contributed by atoms with E-state index in [-0.39, 0.29) is 23.5 Å². The molecule has 1 saturated carbocycles. The van der Waals surface area contributed by atoms with Crippen molar-refractivity contribution in [2.24, 2.45) is 0 Å². The van der Waals surface area contributed by atoms with Gasteiger partial charge in [0.15, 0.2) is 11.2 Å². The molecule has 2 heterocycles. The molecule has 1 fully saturated rings. The van der Waals surface area contributed by atoms with Crippen LogP contribution in [0.25, 0.3) is 17.4 Å². The van der Waals surface area contributed by atoms with E-state index >= 15 is 0 Å². The van der Waals surface area contributed by atoms with Crippen molar-refractivity contribution in [2.45, 2.75) is 12.0 Å². The largest absolute Gasteiger partial charge is 0.484 e. The molecule has 0 amide bonds. The number of nitrogens with zero attached hydrogens (tertiary/aromatic N) is 3. The molecule has 27 heavy (non-hydrogen) atoms. The molecule has 3 rings (SSSR count). The van der Waals surface area contributed by atoms with Gasteiger partial charge in [0.2, 0.25) is 5.95 Å². The van der Waals surface area contributed by atoms with E-state index in [1.807, 2.05) is 0 Å². The Morgan fingerprint density at radius 2 is 2.19 bits per heavy atom. The number of rotatable bonds is 7. The van der Waals surface area contributed by atoms with Crippen LogP contribution in [0.3, 0.4) is 0 Å². The maximum atomic E-state index is 12.3. The van der Waals surface area contributed by atoms with Crippen molar-refractivity contribution in [3.05, 3.63) is 22.3 Å². The van der Waals surface area contributed by atoms with E-state index in [4.69, 9.17) is 20.0 Å². The summed E-state index contributed by atoms with van der Waals surface area (Å²) in [6.45, 7) is -0.681. The number of aromatic nitrogens is 4. The van der Waals surface area contributed by atoms with Gasteiger partial charge in [-0.2, -0.15) is 9.29 Å². The first kappa shape index (κ1) is 19.9. The van der Waals surface area contributed by atoms with Crippen LogP contribution in [-0.2, 0) is 22.5 Å². The number of imidazole rings is 1. The van der Waals surface area contributed by atoms with Gasteiger partial charge in [-0.1, -0.05) is 0 Å². The second-order valence-corrected chi connectivity index (χ2v) is 8.63. The topological polar surface area (TPSA) is 212 Å². The minimum Gasteiger partial charge on any atom is -0.393 e. The summed E-state index contributed by atoms with van der Waals surface area (Å²) >= 11 is 0. The fraction of sp³-hybridized carbons (Fsp3) is 0.364. The summed E-state index contributed by atoms with van der Waals surface area (Å²) in [4.78, 5) is 39.6. The molecular weight excluding hydrogens is 408 g/mol. The van der Waals surface area contributed by atoms with Crippen LogP contribution in [0, 0.1) is 0 Å². The van der Waals surface area contributed by atoms with Crippen molar-refractivity contribution >= 4 is 39.0 Å². The number of nitrogens with two attached hydrogens (primary N) is 1. The van der Waals surface area contributed by atoms with E-state index in [1.54, 1.807) is 0 Å². The van der Waals surface area contributed by atoms with Gasteiger partial charge in [0.1, 0.15) is 11.9 Å². The number of aliphatic hydroxyl groups is 1. The van der Waals surface area contributed by atoms with E-state index in [0.29, 0.717) is 5.57 Å². The highest BCUT2D eigenvalue weighted by atomic mass is 31.3. The van der Waals surface area contributed by atoms with Crippen LogP contribution in [0.4, 0.5) is 5.95 Å². The van der Waals surface area contributed by atoms with Gasteiger partial charge in [-0.25, -0.2) is 14.1 Å². The summed E-state index contributed by atoms with van der Waals surface area (Å²) < 4.78 is 38.2. The fourth-order valence-electron chi connectivity index (χ4n) is 2.34. The molecule has 2 aromatic rings. The first-order valence-electron chi connectivity index (χ1n) is 7.19. The second-order valence-electron chi connectivity index (χ2n) is 5.55. The van der Waals surface area contributed by atoms with Gasteiger partial charge in [0, 0.05) is 19.7 Å². The van der Waals surface area contributed by atoms with Crippen LogP contribution in [0.15, 0.2) is 16.7 Å². The third-order valence-electron chi connectivity index (χ3n) is 3.65. The molecule has 0 bridgehead atoms. The molecule has 0 radical (unpaired) electrons. The van der Waals surface area contributed by atoms with Crippen LogP contribution >= 0.6 is 15.6 Å². The summed E-state index contributed by atoms with van der Waals surface area (Å²) in [7, 11) is -8.98. The van der Waals surface area contributed by atoms with E-state index in [0.717, 1.165) is 7.11 Å². The van der Waals surface area contributed by atoms with E-state index in [9.17, 15) is 19.0 Å². The highest BCUT2D eigenvalue weighted by molar-refractivity contribution is 7.61. The molecule has 14 nitrogen and oxygen atoms in total. The quantitative estimate of drug-likeness (QED) is 0.359. The lowest BCUT2D eigenvalue weighted by molar-refractivity contribution is 0.0631. The van der Waals surface area contributed by atoms with Crippen molar-refractivity contribution in [3.8, 4) is 0 Å². The van der Waals surface area contributed by atoms with Crippen molar-refractivity contribution < 1.29 is 37.4 Å². The number of hydrogen-bond acceptors (Lipinski definition) is 10. The van der Waals surface area contributed by atoms with Crippen LogP contribution in [0.5, 0.6) is 0 Å². The van der Waals surface area contributed by atoms with Crippen LogP contribution in [0.1, 0.15) is 6.42 Å². The molecule has 1 aliphatic carbocycles. The molecule has 1 aliphatic rings. The van der Waals surface area contributed by atoms with E-state index < -0.39 is 33.4 Å².